The van der Waals surface area contributed by atoms with E-state index in [0.717, 1.165) is 18.7 Å². The Morgan fingerprint density at radius 3 is 2.23 bits per heavy atom. The highest BCUT2D eigenvalue weighted by Crippen LogP contribution is 2.04. The number of rotatable bonds is 8. The van der Waals surface area contributed by atoms with Gasteiger partial charge in [-0.25, -0.2) is 0 Å². The van der Waals surface area contributed by atoms with E-state index >= 15 is 0 Å². The van der Waals surface area contributed by atoms with E-state index in [-0.39, 0.29) is 0 Å². The van der Waals surface area contributed by atoms with Crippen molar-refractivity contribution in [2.75, 3.05) is 6.61 Å². The topological polar surface area (TPSA) is 21.6 Å². The first kappa shape index (κ1) is 12.5. The minimum absolute atomic E-state index is 0.775. The SMILES string of the molecule is CCCCCCCCON=C(C)C. The van der Waals surface area contributed by atoms with Crippen LogP contribution in [0.3, 0.4) is 0 Å². The van der Waals surface area contributed by atoms with Gasteiger partial charge in [0, 0.05) is 0 Å². The first-order valence-electron chi connectivity index (χ1n) is 5.40. The Morgan fingerprint density at radius 2 is 1.62 bits per heavy atom. The minimum Gasteiger partial charge on any atom is -0.396 e. The van der Waals surface area contributed by atoms with Gasteiger partial charge < -0.3 is 4.84 Å². The van der Waals surface area contributed by atoms with Gasteiger partial charge in [-0.2, -0.15) is 0 Å². The van der Waals surface area contributed by atoms with Crippen LogP contribution in [0.25, 0.3) is 0 Å². The summed E-state index contributed by atoms with van der Waals surface area (Å²) in [5.74, 6) is 0. The van der Waals surface area contributed by atoms with Crippen LogP contribution < -0.4 is 0 Å². The molecule has 0 heterocycles. The number of nitrogens with zero attached hydrogens (tertiary/aromatic N) is 1. The molecule has 0 N–H and O–H groups in total. The highest BCUT2D eigenvalue weighted by Gasteiger charge is 1.89. The van der Waals surface area contributed by atoms with Crippen LogP contribution in [0.15, 0.2) is 5.16 Å². The first-order valence-corrected chi connectivity index (χ1v) is 5.40. The predicted octanol–water partition coefficient (Wildman–Crippen LogP) is 3.76. The lowest BCUT2D eigenvalue weighted by atomic mass is 10.1. The van der Waals surface area contributed by atoms with E-state index in [2.05, 4.69) is 12.1 Å². The molecule has 0 fully saturated rings. The maximum atomic E-state index is 5.09. The third-order valence-corrected chi connectivity index (χ3v) is 1.84. The van der Waals surface area contributed by atoms with Gasteiger partial charge in [-0.15, -0.1) is 0 Å². The molecule has 2 nitrogen and oxygen atoms in total. The van der Waals surface area contributed by atoms with Crippen molar-refractivity contribution >= 4 is 5.71 Å². The molecule has 78 valence electrons. The van der Waals surface area contributed by atoms with E-state index in [9.17, 15) is 0 Å². The molecule has 0 bridgehead atoms. The molecule has 0 saturated carbocycles. The van der Waals surface area contributed by atoms with Crippen LogP contribution in [0.5, 0.6) is 0 Å². The van der Waals surface area contributed by atoms with Crippen LogP contribution >= 0.6 is 0 Å². The average Bonchev–Trinajstić information content (AvgIpc) is 2.09. The molecule has 2 heteroatoms. The van der Waals surface area contributed by atoms with Crippen molar-refractivity contribution in [3.8, 4) is 0 Å². The predicted molar refractivity (Wildman–Crippen MR) is 58.1 cm³/mol. The molecular weight excluding hydrogens is 162 g/mol. The molecule has 0 amide bonds. The van der Waals surface area contributed by atoms with Crippen molar-refractivity contribution in [2.24, 2.45) is 5.16 Å². The maximum absolute atomic E-state index is 5.09. The Morgan fingerprint density at radius 1 is 1.00 bits per heavy atom. The first-order chi connectivity index (χ1) is 6.27. The van der Waals surface area contributed by atoms with E-state index in [4.69, 9.17) is 4.84 Å². The summed E-state index contributed by atoms with van der Waals surface area (Å²) in [5.41, 5.74) is 0.992. The molecule has 0 aliphatic heterocycles. The zero-order valence-corrected chi connectivity index (χ0v) is 9.31. The molecule has 0 rings (SSSR count). The fraction of sp³-hybridized carbons (Fsp3) is 0.909. The van der Waals surface area contributed by atoms with Crippen LogP contribution in [0.2, 0.25) is 0 Å². The molecule has 13 heavy (non-hydrogen) atoms. The smallest absolute Gasteiger partial charge is 0.117 e. The van der Waals surface area contributed by atoms with Gasteiger partial charge in [-0.05, 0) is 26.7 Å². The highest BCUT2D eigenvalue weighted by molar-refractivity contribution is 5.78. The van der Waals surface area contributed by atoms with Gasteiger partial charge in [0.1, 0.15) is 6.61 Å². The van der Waals surface area contributed by atoms with Gasteiger partial charge in [0.2, 0.25) is 0 Å². The standard InChI is InChI=1S/C11H23NO/c1-4-5-6-7-8-9-10-13-12-11(2)3/h4-10H2,1-3H3. The molecule has 0 unspecified atom stereocenters. The molecule has 0 atom stereocenters. The Kier molecular flexibility index (Phi) is 9.17. The van der Waals surface area contributed by atoms with Gasteiger partial charge >= 0.3 is 0 Å². The third-order valence-electron chi connectivity index (χ3n) is 1.84. The van der Waals surface area contributed by atoms with Crippen molar-refractivity contribution in [1.82, 2.24) is 0 Å². The number of oxime groups is 1. The number of hydrogen-bond acceptors (Lipinski definition) is 2. The van der Waals surface area contributed by atoms with E-state index in [1.807, 2.05) is 13.8 Å². The van der Waals surface area contributed by atoms with Crippen LogP contribution in [-0.4, -0.2) is 12.3 Å². The fourth-order valence-electron chi connectivity index (χ4n) is 1.12. The van der Waals surface area contributed by atoms with Crippen LogP contribution in [0.1, 0.15) is 59.3 Å². The summed E-state index contributed by atoms with van der Waals surface area (Å²) >= 11 is 0. The Balaban J connectivity index is 2.96. The van der Waals surface area contributed by atoms with E-state index < -0.39 is 0 Å². The average molecular weight is 185 g/mol. The summed E-state index contributed by atoms with van der Waals surface area (Å²) in [6.45, 7) is 6.90. The Labute approximate surface area is 82.4 Å². The summed E-state index contributed by atoms with van der Waals surface area (Å²) in [6, 6.07) is 0. The molecule has 0 radical (unpaired) electrons. The summed E-state index contributed by atoms with van der Waals surface area (Å²) in [4.78, 5) is 5.09. The van der Waals surface area contributed by atoms with E-state index in [1.54, 1.807) is 0 Å². The third kappa shape index (κ3) is 11.5. The second kappa shape index (κ2) is 9.56. The molecule has 0 aromatic carbocycles. The number of hydrogen-bond donors (Lipinski definition) is 0. The second-order valence-electron chi connectivity index (χ2n) is 3.64. The second-order valence-corrected chi connectivity index (χ2v) is 3.64. The van der Waals surface area contributed by atoms with Crippen LogP contribution in [0, 0.1) is 0 Å². The lowest BCUT2D eigenvalue weighted by Gasteiger charge is -2.00. The van der Waals surface area contributed by atoms with Gasteiger partial charge in [0.15, 0.2) is 0 Å². The maximum Gasteiger partial charge on any atom is 0.117 e. The molecule has 0 aliphatic carbocycles. The van der Waals surface area contributed by atoms with Gasteiger partial charge in [-0.1, -0.05) is 37.8 Å². The molecule has 0 aromatic rings. The lowest BCUT2D eigenvalue weighted by Crippen LogP contribution is -1.91. The molecule has 0 aromatic heterocycles. The van der Waals surface area contributed by atoms with Crippen molar-refractivity contribution in [2.45, 2.75) is 59.3 Å². The molecule has 0 saturated heterocycles. The largest absolute Gasteiger partial charge is 0.396 e. The molecule has 0 aliphatic rings. The summed E-state index contributed by atoms with van der Waals surface area (Å²) < 4.78 is 0. The lowest BCUT2D eigenvalue weighted by molar-refractivity contribution is 0.139. The number of unbranched alkanes of at least 4 members (excludes halogenated alkanes) is 5. The zero-order valence-electron chi connectivity index (χ0n) is 9.31. The van der Waals surface area contributed by atoms with Gasteiger partial charge in [0.05, 0.1) is 5.71 Å². The normalized spacial score (nSPS) is 9.77. The van der Waals surface area contributed by atoms with Crippen molar-refractivity contribution < 1.29 is 4.84 Å². The summed E-state index contributed by atoms with van der Waals surface area (Å²) in [7, 11) is 0. The fourth-order valence-corrected chi connectivity index (χ4v) is 1.12. The minimum atomic E-state index is 0.775. The van der Waals surface area contributed by atoms with Crippen molar-refractivity contribution in [3.05, 3.63) is 0 Å². The zero-order chi connectivity index (χ0) is 9.94. The molecule has 0 spiro atoms. The summed E-state index contributed by atoms with van der Waals surface area (Å²) in [6.07, 6.45) is 7.81. The monoisotopic (exact) mass is 185 g/mol. The van der Waals surface area contributed by atoms with Crippen molar-refractivity contribution in [1.29, 1.82) is 0 Å². The Bertz CT molecular complexity index is 128. The molecular formula is C11H23NO. The summed E-state index contributed by atoms with van der Waals surface area (Å²) in [5, 5.41) is 3.88. The van der Waals surface area contributed by atoms with E-state index in [0.29, 0.717) is 0 Å². The highest BCUT2D eigenvalue weighted by atomic mass is 16.6. The van der Waals surface area contributed by atoms with Crippen molar-refractivity contribution in [3.63, 3.8) is 0 Å². The Hall–Kier alpha value is -0.530. The van der Waals surface area contributed by atoms with E-state index in [1.165, 1.54) is 32.1 Å². The quantitative estimate of drug-likeness (QED) is 0.320. The van der Waals surface area contributed by atoms with Gasteiger partial charge in [0.25, 0.3) is 0 Å². The van der Waals surface area contributed by atoms with Crippen LogP contribution in [-0.2, 0) is 4.84 Å². The van der Waals surface area contributed by atoms with Gasteiger partial charge in [-0.3, -0.25) is 0 Å². The van der Waals surface area contributed by atoms with Crippen LogP contribution in [0.4, 0.5) is 0 Å².